The zero-order chi connectivity index (χ0) is 13.7. The second-order valence-electron chi connectivity index (χ2n) is 5.46. The number of hydrogen-bond acceptors (Lipinski definition) is 4. The number of halogens is 3. The van der Waals surface area contributed by atoms with E-state index in [1.54, 1.807) is 0 Å². The van der Waals surface area contributed by atoms with Crippen molar-refractivity contribution in [2.75, 3.05) is 18.8 Å². The summed E-state index contributed by atoms with van der Waals surface area (Å²) in [6.45, 7) is 2.26. The molecule has 1 aliphatic carbocycles. The SMILES string of the molecule is FC(F)(F)c1nnc2n1CCN(CC1(CS)CC1)C2. The summed E-state index contributed by atoms with van der Waals surface area (Å²) in [6.07, 6.45) is -2.10. The number of nitrogens with zero attached hydrogens (tertiary/aromatic N) is 4. The van der Waals surface area contributed by atoms with E-state index in [0.29, 0.717) is 25.5 Å². The van der Waals surface area contributed by atoms with Crippen LogP contribution in [-0.2, 0) is 19.3 Å². The predicted octanol–water partition coefficient (Wildman–Crippen LogP) is 1.82. The number of aromatic nitrogens is 3. The summed E-state index contributed by atoms with van der Waals surface area (Å²) in [5.41, 5.74) is 0.276. The number of hydrogen-bond donors (Lipinski definition) is 1. The van der Waals surface area contributed by atoms with Crippen LogP contribution in [0.2, 0.25) is 0 Å². The van der Waals surface area contributed by atoms with Crippen LogP contribution in [0.3, 0.4) is 0 Å². The molecular formula is C11H15F3N4S. The zero-order valence-electron chi connectivity index (χ0n) is 10.3. The normalized spacial score (nSPS) is 22.3. The van der Waals surface area contributed by atoms with Crippen molar-refractivity contribution in [1.29, 1.82) is 0 Å². The van der Waals surface area contributed by atoms with E-state index in [9.17, 15) is 13.2 Å². The third-order valence-electron chi connectivity index (χ3n) is 3.94. The standard InChI is InChI=1S/C11H15F3N4S/c12-11(13,14)9-16-15-8-5-17(3-4-18(8)9)6-10(7-19)1-2-10/h19H,1-7H2. The van der Waals surface area contributed by atoms with Gasteiger partial charge in [-0.1, -0.05) is 0 Å². The molecule has 1 saturated carbocycles. The Bertz CT molecular complexity index is 481. The lowest BCUT2D eigenvalue weighted by Gasteiger charge is -2.30. The van der Waals surface area contributed by atoms with E-state index in [1.165, 1.54) is 4.57 Å². The molecule has 1 aliphatic heterocycles. The van der Waals surface area contributed by atoms with Crippen LogP contribution in [0.25, 0.3) is 0 Å². The Hall–Kier alpha value is -0.760. The van der Waals surface area contributed by atoms with E-state index in [1.807, 2.05) is 0 Å². The highest BCUT2D eigenvalue weighted by Gasteiger charge is 2.44. The minimum atomic E-state index is -4.42. The van der Waals surface area contributed by atoms with Crippen LogP contribution in [0.5, 0.6) is 0 Å². The third kappa shape index (κ3) is 2.47. The van der Waals surface area contributed by atoms with Gasteiger partial charge in [-0.25, -0.2) is 0 Å². The van der Waals surface area contributed by atoms with E-state index in [2.05, 4.69) is 27.7 Å². The molecule has 0 bridgehead atoms. The summed E-state index contributed by atoms with van der Waals surface area (Å²) in [7, 11) is 0. The van der Waals surface area contributed by atoms with E-state index < -0.39 is 12.0 Å². The smallest absolute Gasteiger partial charge is 0.305 e. The molecule has 106 valence electrons. The van der Waals surface area contributed by atoms with Gasteiger partial charge in [-0.05, 0) is 24.0 Å². The first kappa shape index (κ1) is 13.2. The van der Waals surface area contributed by atoms with E-state index in [0.717, 1.165) is 25.1 Å². The zero-order valence-corrected chi connectivity index (χ0v) is 11.2. The van der Waals surface area contributed by atoms with Crippen molar-refractivity contribution in [2.24, 2.45) is 5.41 Å². The molecule has 1 aromatic rings. The predicted molar refractivity (Wildman–Crippen MR) is 65.8 cm³/mol. The van der Waals surface area contributed by atoms with Crippen molar-refractivity contribution in [2.45, 2.75) is 32.1 Å². The van der Waals surface area contributed by atoms with Crippen LogP contribution in [0, 0.1) is 5.41 Å². The maximum atomic E-state index is 12.7. The molecule has 0 N–H and O–H groups in total. The molecule has 19 heavy (non-hydrogen) atoms. The van der Waals surface area contributed by atoms with Crippen molar-refractivity contribution in [3.05, 3.63) is 11.6 Å². The summed E-state index contributed by atoms with van der Waals surface area (Å²) in [6, 6.07) is 0. The quantitative estimate of drug-likeness (QED) is 0.863. The van der Waals surface area contributed by atoms with Gasteiger partial charge in [-0.3, -0.25) is 4.90 Å². The maximum absolute atomic E-state index is 12.7. The topological polar surface area (TPSA) is 34.0 Å². The molecule has 2 aliphatic rings. The third-order valence-corrected chi connectivity index (χ3v) is 4.61. The Morgan fingerprint density at radius 2 is 1.95 bits per heavy atom. The Morgan fingerprint density at radius 1 is 1.21 bits per heavy atom. The van der Waals surface area contributed by atoms with Gasteiger partial charge in [-0.15, -0.1) is 10.2 Å². The fourth-order valence-corrected chi connectivity index (χ4v) is 2.99. The number of rotatable bonds is 3. The number of alkyl halides is 3. The molecule has 0 saturated heterocycles. The van der Waals surface area contributed by atoms with Crippen molar-refractivity contribution in [3.63, 3.8) is 0 Å². The molecular weight excluding hydrogens is 277 g/mol. The van der Waals surface area contributed by atoms with Gasteiger partial charge in [0.1, 0.15) is 5.82 Å². The van der Waals surface area contributed by atoms with E-state index in [-0.39, 0.29) is 5.41 Å². The van der Waals surface area contributed by atoms with Gasteiger partial charge in [0.2, 0.25) is 5.82 Å². The molecule has 2 heterocycles. The largest absolute Gasteiger partial charge is 0.451 e. The lowest BCUT2D eigenvalue weighted by molar-refractivity contribution is -0.148. The summed E-state index contributed by atoms with van der Waals surface area (Å²) < 4.78 is 39.3. The molecule has 3 rings (SSSR count). The molecule has 8 heteroatoms. The van der Waals surface area contributed by atoms with Crippen LogP contribution in [0.1, 0.15) is 24.5 Å². The first-order valence-electron chi connectivity index (χ1n) is 6.26. The van der Waals surface area contributed by atoms with Crippen molar-refractivity contribution >= 4 is 12.6 Å². The highest BCUT2D eigenvalue weighted by atomic mass is 32.1. The van der Waals surface area contributed by atoms with Crippen LogP contribution in [0.15, 0.2) is 0 Å². The molecule has 1 aromatic heterocycles. The highest BCUT2D eigenvalue weighted by Crippen LogP contribution is 2.47. The van der Waals surface area contributed by atoms with Gasteiger partial charge in [0.05, 0.1) is 6.54 Å². The fourth-order valence-electron chi connectivity index (χ4n) is 2.57. The first-order valence-corrected chi connectivity index (χ1v) is 6.89. The molecule has 1 fully saturated rings. The van der Waals surface area contributed by atoms with Gasteiger partial charge in [0.25, 0.3) is 0 Å². The molecule has 0 atom stereocenters. The van der Waals surface area contributed by atoms with Crippen LogP contribution < -0.4 is 0 Å². The van der Waals surface area contributed by atoms with Gasteiger partial charge >= 0.3 is 6.18 Å². The molecule has 0 unspecified atom stereocenters. The minimum Gasteiger partial charge on any atom is -0.305 e. The first-order chi connectivity index (χ1) is 8.93. The van der Waals surface area contributed by atoms with Gasteiger partial charge < -0.3 is 4.57 Å². The second-order valence-corrected chi connectivity index (χ2v) is 5.77. The van der Waals surface area contributed by atoms with Gasteiger partial charge in [-0.2, -0.15) is 25.8 Å². The Labute approximate surface area is 114 Å². The van der Waals surface area contributed by atoms with Crippen molar-refractivity contribution in [3.8, 4) is 0 Å². The van der Waals surface area contributed by atoms with E-state index in [4.69, 9.17) is 0 Å². The minimum absolute atomic E-state index is 0.276. The number of thiol groups is 1. The van der Waals surface area contributed by atoms with Gasteiger partial charge in [0.15, 0.2) is 0 Å². The summed E-state index contributed by atoms with van der Waals surface area (Å²) in [5.74, 6) is 0.371. The average Bonchev–Trinajstić information content (AvgIpc) is 2.98. The highest BCUT2D eigenvalue weighted by molar-refractivity contribution is 7.80. The molecule has 4 nitrogen and oxygen atoms in total. The van der Waals surface area contributed by atoms with Crippen molar-refractivity contribution in [1.82, 2.24) is 19.7 Å². The molecule has 0 radical (unpaired) electrons. The molecule has 0 aromatic carbocycles. The van der Waals surface area contributed by atoms with Crippen LogP contribution >= 0.6 is 12.6 Å². The Kier molecular flexibility index (Phi) is 3.05. The van der Waals surface area contributed by atoms with Crippen LogP contribution in [0.4, 0.5) is 13.2 Å². The molecule has 0 spiro atoms. The second kappa shape index (κ2) is 4.37. The summed E-state index contributed by atoms with van der Waals surface area (Å²) in [5, 5.41) is 6.96. The number of fused-ring (bicyclic) bond motifs is 1. The van der Waals surface area contributed by atoms with Crippen molar-refractivity contribution < 1.29 is 13.2 Å². The Morgan fingerprint density at radius 3 is 2.53 bits per heavy atom. The maximum Gasteiger partial charge on any atom is 0.451 e. The van der Waals surface area contributed by atoms with Crippen LogP contribution in [-0.4, -0.2) is 38.5 Å². The lowest BCUT2D eigenvalue weighted by Crippen LogP contribution is -2.39. The Balaban J connectivity index is 1.73. The summed E-state index contributed by atoms with van der Waals surface area (Å²) >= 11 is 4.35. The summed E-state index contributed by atoms with van der Waals surface area (Å²) in [4.78, 5) is 2.16. The average molecular weight is 292 g/mol. The monoisotopic (exact) mass is 292 g/mol. The fraction of sp³-hybridized carbons (Fsp3) is 0.818. The molecule has 0 amide bonds. The van der Waals surface area contributed by atoms with E-state index >= 15 is 0 Å². The lowest BCUT2D eigenvalue weighted by atomic mass is 10.1. The van der Waals surface area contributed by atoms with Gasteiger partial charge in [0, 0.05) is 19.6 Å².